The van der Waals surface area contributed by atoms with Crippen LogP contribution in [0.3, 0.4) is 0 Å². The SMILES string of the molecule is CCNc1ncc(C(=O)N2CC(C)CCC2C)cc1Cl. The lowest BCUT2D eigenvalue weighted by atomic mass is 9.94. The van der Waals surface area contributed by atoms with Gasteiger partial charge in [0.2, 0.25) is 0 Å². The van der Waals surface area contributed by atoms with Gasteiger partial charge in [-0.1, -0.05) is 18.5 Å². The van der Waals surface area contributed by atoms with Gasteiger partial charge in [0.15, 0.2) is 0 Å². The first-order valence-corrected chi connectivity index (χ1v) is 7.61. The molecule has 1 aliphatic rings. The number of rotatable bonds is 3. The predicted octanol–water partition coefficient (Wildman–Crippen LogP) is 3.43. The fourth-order valence-corrected chi connectivity index (χ4v) is 2.82. The minimum Gasteiger partial charge on any atom is -0.369 e. The van der Waals surface area contributed by atoms with Crippen LogP contribution in [0.5, 0.6) is 0 Å². The van der Waals surface area contributed by atoms with E-state index in [0.29, 0.717) is 22.3 Å². The van der Waals surface area contributed by atoms with Crippen LogP contribution in [0.4, 0.5) is 5.82 Å². The number of carbonyl (C=O) groups excluding carboxylic acids is 1. The van der Waals surface area contributed by atoms with Crippen LogP contribution in [0.15, 0.2) is 12.3 Å². The first-order chi connectivity index (χ1) is 9.52. The summed E-state index contributed by atoms with van der Waals surface area (Å²) < 4.78 is 0. The Morgan fingerprint density at radius 1 is 1.50 bits per heavy atom. The average molecular weight is 296 g/mol. The van der Waals surface area contributed by atoms with Gasteiger partial charge in [-0.2, -0.15) is 0 Å². The minimum atomic E-state index is 0.0292. The van der Waals surface area contributed by atoms with Gasteiger partial charge in [0.25, 0.3) is 5.91 Å². The number of likely N-dealkylation sites (tertiary alicyclic amines) is 1. The largest absolute Gasteiger partial charge is 0.369 e. The molecule has 1 aromatic rings. The molecular weight excluding hydrogens is 274 g/mol. The number of amides is 1. The third-order valence-electron chi connectivity index (χ3n) is 3.81. The Morgan fingerprint density at radius 2 is 2.25 bits per heavy atom. The van der Waals surface area contributed by atoms with Crippen molar-refractivity contribution in [1.82, 2.24) is 9.88 Å². The van der Waals surface area contributed by atoms with Gasteiger partial charge in [-0.3, -0.25) is 4.79 Å². The minimum absolute atomic E-state index is 0.0292. The van der Waals surface area contributed by atoms with Crippen molar-refractivity contribution >= 4 is 23.3 Å². The van der Waals surface area contributed by atoms with E-state index in [4.69, 9.17) is 11.6 Å². The molecule has 1 aromatic heterocycles. The maximum absolute atomic E-state index is 12.6. The summed E-state index contributed by atoms with van der Waals surface area (Å²) in [6, 6.07) is 1.99. The Labute approximate surface area is 125 Å². The molecule has 1 aliphatic heterocycles. The first kappa shape index (κ1) is 15.1. The molecule has 0 bridgehead atoms. The average Bonchev–Trinajstić information content (AvgIpc) is 2.43. The fourth-order valence-electron chi connectivity index (χ4n) is 2.59. The van der Waals surface area contributed by atoms with Crippen molar-refractivity contribution in [3.63, 3.8) is 0 Å². The van der Waals surface area contributed by atoms with E-state index >= 15 is 0 Å². The molecule has 1 N–H and O–H groups in total. The van der Waals surface area contributed by atoms with E-state index in [9.17, 15) is 4.79 Å². The van der Waals surface area contributed by atoms with Crippen LogP contribution in [0.2, 0.25) is 5.02 Å². The summed E-state index contributed by atoms with van der Waals surface area (Å²) in [6.45, 7) is 7.83. The maximum Gasteiger partial charge on any atom is 0.255 e. The highest BCUT2D eigenvalue weighted by Gasteiger charge is 2.28. The summed E-state index contributed by atoms with van der Waals surface area (Å²) in [5.74, 6) is 1.21. The normalized spacial score (nSPS) is 22.7. The van der Waals surface area contributed by atoms with Crippen LogP contribution < -0.4 is 5.32 Å². The topological polar surface area (TPSA) is 45.2 Å². The number of halogens is 1. The Balaban J connectivity index is 2.18. The van der Waals surface area contributed by atoms with Gasteiger partial charge in [-0.25, -0.2) is 4.98 Å². The van der Waals surface area contributed by atoms with Gasteiger partial charge in [-0.15, -0.1) is 0 Å². The molecule has 2 rings (SSSR count). The van der Waals surface area contributed by atoms with Gasteiger partial charge >= 0.3 is 0 Å². The molecule has 0 saturated carbocycles. The zero-order chi connectivity index (χ0) is 14.7. The van der Waals surface area contributed by atoms with Crippen molar-refractivity contribution < 1.29 is 4.79 Å². The second-order valence-electron chi connectivity index (χ2n) is 5.57. The summed E-state index contributed by atoms with van der Waals surface area (Å²) in [4.78, 5) is 18.8. The third kappa shape index (κ3) is 3.23. The number of carbonyl (C=O) groups is 1. The number of piperidine rings is 1. The standard InChI is InChI=1S/C15H22ClN3O/c1-4-17-14-13(16)7-12(8-18-14)15(20)19-9-10(2)5-6-11(19)3/h7-8,10-11H,4-6,9H2,1-3H3,(H,17,18). The summed E-state index contributed by atoms with van der Waals surface area (Å²) in [7, 11) is 0. The lowest BCUT2D eigenvalue weighted by Crippen LogP contribution is -2.44. The van der Waals surface area contributed by atoms with E-state index in [1.165, 1.54) is 6.42 Å². The number of nitrogens with zero attached hydrogens (tertiary/aromatic N) is 2. The lowest BCUT2D eigenvalue weighted by Gasteiger charge is -2.36. The molecule has 2 unspecified atom stereocenters. The zero-order valence-corrected chi connectivity index (χ0v) is 13.1. The monoisotopic (exact) mass is 295 g/mol. The number of pyridine rings is 1. The number of nitrogens with one attached hydrogen (secondary N) is 1. The Hall–Kier alpha value is -1.29. The summed E-state index contributed by atoms with van der Waals surface area (Å²) in [6.07, 6.45) is 3.85. The van der Waals surface area contributed by atoms with E-state index in [0.717, 1.165) is 19.5 Å². The Morgan fingerprint density at radius 3 is 2.90 bits per heavy atom. The van der Waals surface area contributed by atoms with E-state index < -0.39 is 0 Å². The van der Waals surface area contributed by atoms with Gasteiger partial charge in [0.1, 0.15) is 5.82 Å². The molecule has 5 heteroatoms. The highest BCUT2D eigenvalue weighted by molar-refractivity contribution is 6.33. The van der Waals surface area contributed by atoms with Crippen molar-refractivity contribution in [3.8, 4) is 0 Å². The van der Waals surface area contributed by atoms with E-state index in [1.54, 1.807) is 12.3 Å². The van der Waals surface area contributed by atoms with Gasteiger partial charge in [0, 0.05) is 25.3 Å². The summed E-state index contributed by atoms with van der Waals surface area (Å²) in [5.41, 5.74) is 0.567. The molecule has 0 aliphatic carbocycles. The molecule has 2 atom stereocenters. The molecule has 0 aromatic carbocycles. The maximum atomic E-state index is 12.6. The third-order valence-corrected chi connectivity index (χ3v) is 4.10. The number of hydrogen-bond acceptors (Lipinski definition) is 3. The highest BCUT2D eigenvalue weighted by Crippen LogP contribution is 2.25. The van der Waals surface area contributed by atoms with Gasteiger partial charge < -0.3 is 10.2 Å². The molecule has 110 valence electrons. The molecule has 0 radical (unpaired) electrons. The first-order valence-electron chi connectivity index (χ1n) is 7.23. The zero-order valence-electron chi connectivity index (χ0n) is 12.3. The van der Waals surface area contributed by atoms with Crippen LogP contribution in [0.1, 0.15) is 44.0 Å². The summed E-state index contributed by atoms with van der Waals surface area (Å²) >= 11 is 6.16. The van der Waals surface area contributed by atoms with Crippen LogP contribution >= 0.6 is 11.6 Å². The molecule has 1 fully saturated rings. The molecule has 1 amide bonds. The van der Waals surface area contributed by atoms with Crippen LogP contribution in [-0.2, 0) is 0 Å². The van der Waals surface area contributed by atoms with Gasteiger partial charge in [-0.05, 0) is 38.7 Å². The Bertz CT molecular complexity index is 492. The van der Waals surface area contributed by atoms with E-state index in [-0.39, 0.29) is 11.9 Å². The van der Waals surface area contributed by atoms with E-state index in [1.807, 2.05) is 11.8 Å². The molecule has 0 spiro atoms. The van der Waals surface area contributed by atoms with Crippen molar-refractivity contribution in [2.24, 2.45) is 5.92 Å². The number of hydrogen-bond donors (Lipinski definition) is 1. The quantitative estimate of drug-likeness (QED) is 0.929. The van der Waals surface area contributed by atoms with Crippen LogP contribution in [-0.4, -0.2) is 34.9 Å². The smallest absolute Gasteiger partial charge is 0.255 e. The second kappa shape index (κ2) is 6.44. The molecule has 4 nitrogen and oxygen atoms in total. The lowest BCUT2D eigenvalue weighted by molar-refractivity contribution is 0.0573. The van der Waals surface area contributed by atoms with Crippen molar-refractivity contribution in [3.05, 3.63) is 22.8 Å². The molecule has 1 saturated heterocycles. The van der Waals surface area contributed by atoms with Crippen LogP contribution in [0, 0.1) is 5.92 Å². The molecular formula is C15H22ClN3O. The molecule has 2 heterocycles. The predicted molar refractivity (Wildman–Crippen MR) is 82.3 cm³/mol. The van der Waals surface area contributed by atoms with E-state index in [2.05, 4.69) is 24.1 Å². The van der Waals surface area contributed by atoms with Crippen molar-refractivity contribution in [2.45, 2.75) is 39.7 Å². The van der Waals surface area contributed by atoms with Crippen molar-refractivity contribution in [2.75, 3.05) is 18.4 Å². The van der Waals surface area contributed by atoms with Crippen molar-refractivity contribution in [1.29, 1.82) is 0 Å². The fraction of sp³-hybridized carbons (Fsp3) is 0.600. The number of aromatic nitrogens is 1. The molecule has 20 heavy (non-hydrogen) atoms. The Kier molecular flexibility index (Phi) is 4.86. The van der Waals surface area contributed by atoms with Gasteiger partial charge in [0.05, 0.1) is 10.6 Å². The summed E-state index contributed by atoms with van der Waals surface area (Å²) in [5, 5.41) is 3.57. The van der Waals surface area contributed by atoms with Crippen LogP contribution in [0.25, 0.3) is 0 Å². The highest BCUT2D eigenvalue weighted by atomic mass is 35.5. The second-order valence-corrected chi connectivity index (χ2v) is 5.98. The number of anilines is 1.